The molecule has 1 aromatic heterocycles. The minimum atomic E-state index is 0.0910. The van der Waals surface area contributed by atoms with E-state index in [0.29, 0.717) is 0 Å². The van der Waals surface area contributed by atoms with Crippen molar-refractivity contribution in [2.24, 2.45) is 0 Å². The largest absolute Gasteiger partial charge is 0.493 e. The van der Waals surface area contributed by atoms with Gasteiger partial charge in [-0.05, 0) is 73.5 Å². The number of hydrogen-bond donors (Lipinski definition) is 0. The zero-order valence-corrected chi connectivity index (χ0v) is 18.6. The summed E-state index contributed by atoms with van der Waals surface area (Å²) in [5.41, 5.74) is 5.90. The predicted molar refractivity (Wildman–Crippen MR) is 127 cm³/mol. The molecule has 0 amide bonds. The van der Waals surface area contributed by atoms with Crippen molar-refractivity contribution in [3.63, 3.8) is 0 Å². The molecule has 0 fully saturated rings. The molecule has 0 radical (unpaired) electrons. The van der Waals surface area contributed by atoms with Gasteiger partial charge in [0, 0.05) is 24.0 Å². The molecule has 0 saturated heterocycles. The Labute approximate surface area is 183 Å². The molecule has 0 saturated carbocycles. The number of nitrogens with zero attached hydrogens (tertiary/aromatic N) is 2. The van der Waals surface area contributed by atoms with Crippen LogP contribution in [0.1, 0.15) is 25.0 Å². The highest BCUT2D eigenvalue weighted by molar-refractivity contribution is 6.09. The molecule has 0 bridgehead atoms. The van der Waals surface area contributed by atoms with Gasteiger partial charge in [-0.25, -0.2) is 4.98 Å². The molecule has 158 valence electrons. The first-order valence-electron chi connectivity index (χ1n) is 10.9. The number of hydrogen-bond acceptors (Lipinski definition) is 4. The lowest BCUT2D eigenvalue weighted by Crippen LogP contribution is -2.27. The van der Waals surface area contributed by atoms with E-state index >= 15 is 0 Å². The van der Waals surface area contributed by atoms with Crippen LogP contribution in [-0.2, 0) is 13.0 Å². The lowest BCUT2D eigenvalue weighted by Gasteiger charge is -2.28. The maximum atomic E-state index is 5.92. The number of pyridine rings is 1. The van der Waals surface area contributed by atoms with Gasteiger partial charge >= 0.3 is 0 Å². The zero-order valence-electron chi connectivity index (χ0n) is 18.6. The molecule has 0 unspecified atom stereocenters. The van der Waals surface area contributed by atoms with E-state index in [1.54, 1.807) is 7.11 Å². The van der Waals surface area contributed by atoms with Crippen molar-refractivity contribution < 1.29 is 9.47 Å². The Bertz CT molecular complexity index is 1280. The van der Waals surface area contributed by atoms with Crippen LogP contribution < -0.4 is 9.47 Å². The number of likely N-dealkylation sites (N-methyl/N-ethyl adjacent to an activating group) is 1. The average molecular weight is 413 g/mol. The van der Waals surface area contributed by atoms with Crippen molar-refractivity contribution in [1.82, 2.24) is 9.88 Å². The van der Waals surface area contributed by atoms with Crippen molar-refractivity contribution in [1.29, 1.82) is 0 Å². The normalized spacial score (nSPS) is 14.2. The van der Waals surface area contributed by atoms with Crippen LogP contribution in [0.5, 0.6) is 11.5 Å². The van der Waals surface area contributed by atoms with Gasteiger partial charge in [0.05, 0.1) is 24.4 Å². The van der Waals surface area contributed by atoms with E-state index in [0.717, 1.165) is 47.8 Å². The number of benzene rings is 3. The second-order valence-corrected chi connectivity index (χ2v) is 8.62. The summed E-state index contributed by atoms with van der Waals surface area (Å²) in [5.74, 6) is 1.50. The van der Waals surface area contributed by atoms with Crippen molar-refractivity contribution in [2.45, 2.75) is 32.9 Å². The third kappa shape index (κ3) is 3.51. The van der Waals surface area contributed by atoms with Crippen LogP contribution in [0.15, 0.2) is 54.6 Å². The molecule has 2 heterocycles. The van der Waals surface area contributed by atoms with E-state index < -0.39 is 0 Å². The van der Waals surface area contributed by atoms with Gasteiger partial charge in [0.15, 0.2) is 11.5 Å². The highest BCUT2D eigenvalue weighted by Crippen LogP contribution is 2.39. The predicted octanol–water partition coefficient (Wildman–Crippen LogP) is 5.84. The first-order chi connectivity index (χ1) is 15.0. The fourth-order valence-corrected chi connectivity index (χ4v) is 4.65. The number of rotatable bonds is 4. The second kappa shape index (κ2) is 7.86. The van der Waals surface area contributed by atoms with Crippen molar-refractivity contribution in [3.8, 4) is 22.8 Å². The quantitative estimate of drug-likeness (QED) is 0.395. The SMILES string of the molecule is COc1cc(-c2nc3ccc4ccccc4c3c3c2CN(C)CC3)ccc1OC(C)C. The molecule has 3 aromatic carbocycles. The Kier molecular flexibility index (Phi) is 5.03. The molecule has 4 aromatic rings. The summed E-state index contributed by atoms with van der Waals surface area (Å²) in [4.78, 5) is 7.56. The van der Waals surface area contributed by atoms with Crippen LogP contribution in [0.25, 0.3) is 32.9 Å². The lowest BCUT2D eigenvalue weighted by molar-refractivity contribution is 0.230. The van der Waals surface area contributed by atoms with Gasteiger partial charge < -0.3 is 14.4 Å². The summed E-state index contributed by atoms with van der Waals surface area (Å²) >= 11 is 0. The fraction of sp³-hybridized carbons (Fsp3) is 0.296. The third-order valence-corrected chi connectivity index (χ3v) is 6.06. The number of methoxy groups -OCH3 is 1. The molecule has 0 spiro atoms. The van der Waals surface area contributed by atoms with Crippen LogP contribution >= 0.6 is 0 Å². The van der Waals surface area contributed by atoms with Gasteiger partial charge in [0.2, 0.25) is 0 Å². The number of fused-ring (bicyclic) bond motifs is 5. The monoisotopic (exact) mass is 412 g/mol. The Hall–Kier alpha value is -3.11. The Morgan fingerprint density at radius 1 is 0.968 bits per heavy atom. The lowest BCUT2D eigenvalue weighted by atomic mass is 9.89. The first kappa shape index (κ1) is 19.8. The van der Waals surface area contributed by atoms with Crippen LogP contribution in [0.4, 0.5) is 0 Å². The van der Waals surface area contributed by atoms with Gasteiger partial charge in [-0.3, -0.25) is 0 Å². The fourth-order valence-electron chi connectivity index (χ4n) is 4.65. The van der Waals surface area contributed by atoms with Gasteiger partial charge in [0.1, 0.15) is 0 Å². The van der Waals surface area contributed by atoms with Gasteiger partial charge in [-0.15, -0.1) is 0 Å². The standard InChI is InChI=1S/C27H28N2O2/c1-17(2)31-24-12-10-19(15-25(24)30-4)27-22-16-29(3)14-13-21(22)26-20-8-6-5-7-18(20)9-11-23(26)28-27/h5-12,15,17H,13-14,16H2,1-4H3. The number of ether oxygens (including phenoxy) is 2. The van der Waals surface area contributed by atoms with Crippen LogP contribution in [0.3, 0.4) is 0 Å². The highest BCUT2D eigenvalue weighted by Gasteiger charge is 2.23. The second-order valence-electron chi connectivity index (χ2n) is 8.62. The maximum Gasteiger partial charge on any atom is 0.161 e. The molecule has 4 heteroatoms. The minimum Gasteiger partial charge on any atom is -0.493 e. The van der Waals surface area contributed by atoms with Crippen molar-refractivity contribution in [3.05, 3.63) is 65.7 Å². The van der Waals surface area contributed by atoms with E-state index in [4.69, 9.17) is 14.5 Å². The Morgan fingerprint density at radius 3 is 2.61 bits per heavy atom. The zero-order chi connectivity index (χ0) is 21.5. The van der Waals surface area contributed by atoms with Crippen molar-refractivity contribution >= 4 is 21.7 Å². The summed E-state index contributed by atoms with van der Waals surface area (Å²) in [5, 5.41) is 3.86. The summed E-state index contributed by atoms with van der Waals surface area (Å²) in [6, 6.07) is 19.1. The van der Waals surface area contributed by atoms with E-state index in [2.05, 4.69) is 60.5 Å². The molecule has 0 N–H and O–H groups in total. The average Bonchev–Trinajstić information content (AvgIpc) is 2.78. The van der Waals surface area contributed by atoms with E-state index in [1.807, 2.05) is 19.9 Å². The smallest absolute Gasteiger partial charge is 0.161 e. The van der Waals surface area contributed by atoms with Crippen LogP contribution in [0, 0.1) is 0 Å². The van der Waals surface area contributed by atoms with E-state index in [9.17, 15) is 0 Å². The molecule has 4 nitrogen and oxygen atoms in total. The first-order valence-corrected chi connectivity index (χ1v) is 10.9. The summed E-state index contributed by atoms with van der Waals surface area (Å²) in [6.07, 6.45) is 1.12. The molecular weight excluding hydrogens is 384 g/mol. The minimum absolute atomic E-state index is 0.0910. The molecule has 1 aliphatic heterocycles. The molecule has 0 aliphatic carbocycles. The molecule has 5 rings (SSSR count). The molecule has 0 atom stereocenters. The summed E-state index contributed by atoms with van der Waals surface area (Å²) in [7, 11) is 3.87. The molecule has 1 aliphatic rings. The van der Waals surface area contributed by atoms with Gasteiger partial charge in [0.25, 0.3) is 0 Å². The topological polar surface area (TPSA) is 34.6 Å². The Morgan fingerprint density at radius 2 is 1.81 bits per heavy atom. The van der Waals surface area contributed by atoms with Gasteiger partial charge in [-0.1, -0.05) is 30.3 Å². The maximum absolute atomic E-state index is 5.92. The van der Waals surface area contributed by atoms with E-state index in [-0.39, 0.29) is 6.10 Å². The number of aromatic nitrogens is 1. The van der Waals surface area contributed by atoms with E-state index in [1.165, 1.54) is 27.3 Å². The van der Waals surface area contributed by atoms with Crippen LogP contribution in [0.2, 0.25) is 0 Å². The summed E-state index contributed by atoms with van der Waals surface area (Å²) in [6.45, 7) is 5.99. The summed E-state index contributed by atoms with van der Waals surface area (Å²) < 4.78 is 11.6. The molecule has 31 heavy (non-hydrogen) atoms. The highest BCUT2D eigenvalue weighted by atomic mass is 16.5. The van der Waals surface area contributed by atoms with Crippen molar-refractivity contribution in [2.75, 3.05) is 20.7 Å². The third-order valence-electron chi connectivity index (χ3n) is 6.06. The van der Waals surface area contributed by atoms with Crippen LogP contribution in [-0.4, -0.2) is 36.7 Å². The van der Waals surface area contributed by atoms with Gasteiger partial charge in [-0.2, -0.15) is 0 Å². The Balaban J connectivity index is 1.76. The molecular formula is C27H28N2O2.